The highest BCUT2D eigenvalue weighted by atomic mass is 32.1. The minimum atomic E-state index is 0.648. The van der Waals surface area contributed by atoms with Gasteiger partial charge in [-0.2, -0.15) is 0 Å². The Bertz CT molecular complexity index is 1160. The fourth-order valence-corrected chi connectivity index (χ4v) is 3.76. The molecular formula is C30H34N2O2S. The molecule has 1 aromatic heterocycles. The predicted molar refractivity (Wildman–Crippen MR) is 146 cm³/mol. The topological polar surface area (TPSA) is 24.9 Å². The predicted octanol–water partition coefficient (Wildman–Crippen LogP) is 4.96. The van der Waals surface area contributed by atoms with Gasteiger partial charge in [0.2, 0.25) is 0 Å². The van der Waals surface area contributed by atoms with Gasteiger partial charge in [0.05, 0.1) is 23.1 Å². The molecule has 0 bridgehead atoms. The molecule has 1 heterocycles. The maximum atomic E-state index is 5.79. The van der Waals surface area contributed by atoms with Crippen molar-refractivity contribution in [2.24, 2.45) is 0 Å². The first-order valence-corrected chi connectivity index (χ1v) is 12.7. The Hall–Kier alpha value is -3.06. The zero-order chi connectivity index (χ0) is 24.9. The van der Waals surface area contributed by atoms with Crippen molar-refractivity contribution in [1.82, 2.24) is 9.80 Å². The molecule has 4 nitrogen and oxygen atoms in total. The van der Waals surface area contributed by atoms with Crippen molar-refractivity contribution < 1.29 is 9.47 Å². The van der Waals surface area contributed by atoms with Gasteiger partial charge >= 0.3 is 0 Å². The molecule has 3 aromatic rings. The van der Waals surface area contributed by atoms with Gasteiger partial charge in [-0.1, -0.05) is 42.7 Å². The number of benzene rings is 2. The normalized spacial score (nSPS) is 10.6. The van der Waals surface area contributed by atoms with E-state index in [2.05, 4.69) is 66.8 Å². The lowest BCUT2D eigenvalue weighted by Gasteiger charge is -2.14. The van der Waals surface area contributed by atoms with E-state index in [0.29, 0.717) is 13.3 Å². The molecule has 3 rings (SSSR count). The van der Waals surface area contributed by atoms with Crippen LogP contribution in [0.5, 0.6) is 5.75 Å². The zero-order valence-electron chi connectivity index (χ0n) is 21.1. The lowest BCUT2D eigenvalue weighted by Crippen LogP contribution is -2.23. The molecule has 35 heavy (non-hydrogen) atoms. The molecule has 0 saturated carbocycles. The minimum Gasteiger partial charge on any atom is -0.492 e. The van der Waals surface area contributed by atoms with Crippen LogP contribution in [-0.2, 0) is 11.2 Å². The van der Waals surface area contributed by atoms with Crippen LogP contribution in [0.1, 0.15) is 33.4 Å². The van der Waals surface area contributed by atoms with E-state index in [1.165, 1.54) is 5.56 Å². The second kappa shape index (κ2) is 14.4. The molecule has 0 saturated heterocycles. The average molecular weight is 487 g/mol. The molecule has 0 amide bonds. The first-order chi connectivity index (χ1) is 17.0. The maximum absolute atomic E-state index is 5.79. The van der Waals surface area contributed by atoms with Crippen LogP contribution < -0.4 is 4.74 Å². The number of likely N-dealkylation sites (N-methyl/N-ethyl adjacent to an activating group) is 1. The number of hydrogen-bond donors (Lipinski definition) is 0. The highest BCUT2D eigenvalue weighted by Gasteiger charge is 1.99. The largest absolute Gasteiger partial charge is 0.492 e. The summed E-state index contributed by atoms with van der Waals surface area (Å²) in [5.74, 6) is 13.8. The molecule has 182 valence electrons. The van der Waals surface area contributed by atoms with E-state index in [0.717, 1.165) is 52.7 Å². The van der Waals surface area contributed by atoms with E-state index >= 15 is 0 Å². The maximum Gasteiger partial charge on any atom is 0.119 e. The van der Waals surface area contributed by atoms with E-state index in [1.54, 1.807) is 11.3 Å². The van der Waals surface area contributed by atoms with Crippen LogP contribution >= 0.6 is 11.3 Å². The molecule has 0 aliphatic rings. The third-order valence-corrected chi connectivity index (χ3v) is 6.16. The smallest absolute Gasteiger partial charge is 0.119 e. The number of ether oxygens (including phenoxy) is 2. The van der Waals surface area contributed by atoms with E-state index in [4.69, 9.17) is 9.47 Å². The Morgan fingerprint density at radius 1 is 0.743 bits per heavy atom. The van der Waals surface area contributed by atoms with Gasteiger partial charge in [0, 0.05) is 17.7 Å². The van der Waals surface area contributed by atoms with Gasteiger partial charge < -0.3 is 14.4 Å². The Balaban J connectivity index is 1.49. The molecule has 0 N–H and O–H groups in total. The molecule has 0 fully saturated rings. The highest BCUT2D eigenvalue weighted by Crippen LogP contribution is 2.16. The Kier molecular flexibility index (Phi) is 10.9. The Labute approximate surface area is 214 Å². The molecule has 0 atom stereocenters. The Morgan fingerprint density at radius 3 is 1.91 bits per heavy atom. The summed E-state index contributed by atoms with van der Waals surface area (Å²) in [7, 11) is 6.09. The summed E-state index contributed by atoms with van der Waals surface area (Å²) in [6, 6.07) is 20.4. The number of nitrogens with zero attached hydrogens (tertiary/aromatic N) is 2. The highest BCUT2D eigenvalue weighted by molar-refractivity contribution is 7.13. The van der Waals surface area contributed by atoms with Crippen LogP contribution in [0.4, 0.5) is 0 Å². The monoisotopic (exact) mass is 486 g/mol. The quantitative estimate of drug-likeness (QED) is 0.230. The van der Waals surface area contributed by atoms with E-state index in [-0.39, 0.29) is 0 Å². The van der Waals surface area contributed by atoms with E-state index in [1.807, 2.05) is 55.4 Å². The van der Waals surface area contributed by atoms with Gasteiger partial charge in [-0.05, 0) is 88.2 Å². The Morgan fingerprint density at radius 2 is 1.34 bits per heavy atom. The summed E-state index contributed by atoms with van der Waals surface area (Å²) in [6.45, 7) is 6.13. The molecule has 2 aromatic carbocycles. The van der Waals surface area contributed by atoms with Crippen molar-refractivity contribution in [3.63, 3.8) is 0 Å². The van der Waals surface area contributed by atoms with Crippen molar-refractivity contribution in [1.29, 1.82) is 0 Å². The molecular weight excluding hydrogens is 452 g/mol. The first kappa shape index (κ1) is 26.5. The summed E-state index contributed by atoms with van der Waals surface area (Å²) in [5.41, 5.74) is 3.23. The second-order valence-electron chi connectivity index (χ2n) is 8.50. The number of thiophene rings is 1. The van der Waals surface area contributed by atoms with Gasteiger partial charge in [-0.25, -0.2) is 0 Å². The van der Waals surface area contributed by atoms with Crippen LogP contribution in [0.2, 0.25) is 0 Å². The summed E-state index contributed by atoms with van der Waals surface area (Å²) in [5, 5.41) is 0. The van der Waals surface area contributed by atoms with Crippen LogP contribution in [-0.4, -0.2) is 64.0 Å². The van der Waals surface area contributed by atoms with Crippen molar-refractivity contribution >= 4 is 11.3 Å². The van der Waals surface area contributed by atoms with Gasteiger partial charge in [0.25, 0.3) is 0 Å². The molecule has 0 unspecified atom stereocenters. The molecule has 0 radical (unpaired) electrons. The van der Waals surface area contributed by atoms with Gasteiger partial charge in [0.1, 0.15) is 12.4 Å². The average Bonchev–Trinajstić information content (AvgIpc) is 3.33. The molecule has 0 aliphatic carbocycles. The van der Waals surface area contributed by atoms with Gasteiger partial charge in [-0.3, -0.25) is 4.90 Å². The van der Waals surface area contributed by atoms with Crippen molar-refractivity contribution in [2.45, 2.75) is 13.3 Å². The SMILES string of the molecule is CCN(C)CCOc1ccc(C#Cc2ccc(C#Cc3ccc(CCOCN(C)C)cc3)s2)cc1. The van der Waals surface area contributed by atoms with Crippen molar-refractivity contribution in [2.75, 3.05) is 54.2 Å². The van der Waals surface area contributed by atoms with E-state index < -0.39 is 0 Å². The van der Waals surface area contributed by atoms with Crippen molar-refractivity contribution in [3.05, 3.63) is 87.1 Å². The number of rotatable bonds is 10. The number of hydrogen-bond acceptors (Lipinski definition) is 5. The molecule has 0 aliphatic heterocycles. The standard InChI is InChI=1S/C30H34N2O2S/c1-5-32(4)21-23-34-28-14-10-26(11-15-28)13-17-30-19-18-29(35-30)16-12-25-6-8-27(9-7-25)20-22-33-24-31(2)3/h6-11,14-15,18-19H,5,20-24H2,1-4H3. The zero-order valence-corrected chi connectivity index (χ0v) is 22.0. The van der Waals surface area contributed by atoms with Gasteiger partial charge in [0.15, 0.2) is 0 Å². The fourth-order valence-electron chi connectivity index (χ4n) is 3.04. The van der Waals surface area contributed by atoms with Crippen molar-refractivity contribution in [3.8, 4) is 29.4 Å². The first-order valence-electron chi connectivity index (χ1n) is 11.9. The lowest BCUT2D eigenvalue weighted by atomic mass is 10.1. The third-order valence-electron chi connectivity index (χ3n) is 5.24. The summed E-state index contributed by atoms with van der Waals surface area (Å²) in [6.07, 6.45) is 0.904. The molecule has 0 spiro atoms. The van der Waals surface area contributed by atoms with E-state index in [9.17, 15) is 0 Å². The fraction of sp³-hybridized carbons (Fsp3) is 0.333. The molecule has 5 heteroatoms. The van der Waals surface area contributed by atoms with Crippen LogP contribution in [0.15, 0.2) is 60.7 Å². The second-order valence-corrected chi connectivity index (χ2v) is 9.58. The lowest BCUT2D eigenvalue weighted by molar-refractivity contribution is 0.0582. The van der Waals surface area contributed by atoms with Crippen LogP contribution in [0, 0.1) is 23.7 Å². The van der Waals surface area contributed by atoms with Crippen LogP contribution in [0.25, 0.3) is 0 Å². The summed E-state index contributed by atoms with van der Waals surface area (Å²) < 4.78 is 11.4. The minimum absolute atomic E-state index is 0.648. The summed E-state index contributed by atoms with van der Waals surface area (Å²) in [4.78, 5) is 6.25. The third kappa shape index (κ3) is 9.99. The summed E-state index contributed by atoms with van der Waals surface area (Å²) >= 11 is 1.61. The van der Waals surface area contributed by atoms with Gasteiger partial charge in [-0.15, -0.1) is 11.3 Å². The van der Waals surface area contributed by atoms with Crippen LogP contribution in [0.3, 0.4) is 0 Å².